The van der Waals surface area contributed by atoms with Crippen molar-refractivity contribution < 1.29 is 4.79 Å². The van der Waals surface area contributed by atoms with Gasteiger partial charge in [0.15, 0.2) is 0 Å². The van der Waals surface area contributed by atoms with Crippen LogP contribution in [0.25, 0.3) is 10.1 Å². The molecule has 1 amide bonds. The number of benzene rings is 1. The van der Waals surface area contributed by atoms with Crippen LogP contribution in [0, 0.1) is 6.92 Å². The predicted molar refractivity (Wildman–Crippen MR) is 83.2 cm³/mol. The number of rotatable bonds is 2. The van der Waals surface area contributed by atoms with Crippen molar-refractivity contribution in [3.8, 4) is 0 Å². The summed E-state index contributed by atoms with van der Waals surface area (Å²) in [5.74, 6) is -0.144. The Morgan fingerprint density at radius 3 is 2.89 bits per heavy atom. The Kier molecular flexibility index (Phi) is 3.00. The minimum atomic E-state index is -0.144. The Morgan fingerprint density at radius 1 is 1.32 bits per heavy atom. The fourth-order valence-corrected chi connectivity index (χ4v) is 3.51. The van der Waals surface area contributed by atoms with Crippen LogP contribution >= 0.6 is 22.7 Å². The Bertz CT molecular complexity index is 744. The van der Waals surface area contributed by atoms with Gasteiger partial charge in [-0.2, -0.15) is 11.3 Å². The third-order valence-electron chi connectivity index (χ3n) is 2.87. The molecular formula is C14H12N2OS2. The maximum atomic E-state index is 12.2. The number of nitrogen functional groups attached to an aromatic ring is 1. The molecule has 0 radical (unpaired) electrons. The summed E-state index contributed by atoms with van der Waals surface area (Å²) >= 11 is 2.97. The van der Waals surface area contributed by atoms with Gasteiger partial charge in [0, 0.05) is 15.5 Å². The summed E-state index contributed by atoms with van der Waals surface area (Å²) in [6.07, 6.45) is 0. The molecule has 2 aromatic heterocycles. The van der Waals surface area contributed by atoms with E-state index in [0.29, 0.717) is 10.6 Å². The number of amides is 1. The van der Waals surface area contributed by atoms with Crippen molar-refractivity contribution in [1.82, 2.24) is 0 Å². The lowest BCUT2D eigenvalue weighted by atomic mass is 10.1. The molecule has 0 unspecified atom stereocenters. The van der Waals surface area contributed by atoms with Crippen molar-refractivity contribution in [2.45, 2.75) is 6.92 Å². The van der Waals surface area contributed by atoms with Crippen LogP contribution < -0.4 is 11.1 Å². The standard InChI is InChI=1S/C14H12N2OS2/c1-8-2-3-11-10(6-8)12(15)13(19-11)14(17)16-9-4-5-18-7-9/h2-7H,15H2,1H3,(H,16,17). The second-order valence-electron chi connectivity index (χ2n) is 4.31. The van der Waals surface area contributed by atoms with E-state index in [4.69, 9.17) is 5.73 Å². The number of carbonyl (C=O) groups is 1. The van der Waals surface area contributed by atoms with Gasteiger partial charge in [0.25, 0.3) is 5.91 Å². The van der Waals surface area contributed by atoms with Crippen LogP contribution in [0.15, 0.2) is 35.0 Å². The Hall–Kier alpha value is -1.85. The predicted octanol–water partition coefficient (Wildman–Crippen LogP) is 4.11. The summed E-state index contributed by atoms with van der Waals surface area (Å²) in [6.45, 7) is 2.02. The first-order valence-electron chi connectivity index (χ1n) is 5.77. The molecule has 0 aliphatic heterocycles. The molecule has 0 aliphatic rings. The maximum Gasteiger partial charge on any atom is 0.267 e. The lowest BCUT2D eigenvalue weighted by molar-refractivity contribution is 0.103. The molecule has 3 rings (SSSR count). The normalized spacial score (nSPS) is 10.8. The molecule has 0 spiro atoms. The number of hydrogen-bond acceptors (Lipinski definition) is 4. The van der Waals surface area contributed by atoms with E-state index in [9.17, 15) is 4.79 Å². The number of carbonyl (C=O) groups excluding carboxylic acids is 1. The van der Waals surface area contributed by atoms with E-state index in [1.54, 1.807) is 11.3 Å². The maximum absolute atomic E-state index is 12.2. The average molecular weight is 288 g/mol. The van der Waals surface area contributed by atoms with E-state index < -0.39 is 0 Å². The zero-order chi connectivity index (χ0) is 13.4. The second kappa shape index (κ2) is 4.68. The van der Waals surface area contributed by atoms with Gasteiger partial charge in [-0.25, -0.2) is 0 Å². The van der Waals surface area contributed by atoms with Gasteiger partial charge < -0.3 is 11.1 Å². The van der Waals surface area contributed by atoms with Gasteiger partial charge in [-0.1, -0.05) is 11.6 Å². The molecule has 0 aliphatic carbocycles. The van der Waals surface area contributed by atoms with Crippen molar-refractivity contribution in [1.29, 1.82) is 0 Å². The van der Waals surface area contributed by atoms with Gasteiger partial charge >= 0.3 is 0 Å². The zero-order valence-electron chi connectivity index (χ0n) is 10.3. The van der Waals surface area contributed by atoms with E-state index >= 15 is 0 Å². The van der Waals surface area contributed by atoms with Crippen LogP contribution in [0.5, 0.6) is 0 Å². The molecule has 0 saturated heterocycles. The second-order valence-corrected chi connectivity index (χ2v) is 6.14. The van der Waals surface area contributed by atoms with E-state index in [1.165, 1.54) is 11.3 Å². The largest absolute Gasteiger partial charge is 0.397 e. The summed E-state index contributed by atoms with van der Waals surface area (Å²) in [7, 11) is 0. The quantitative estimate of drug-likeness (QED) is 0.745. The molecule has 1 aromatic carbocycles. The molecule has 0 fully saturated rings. The SMILES string of the molecule is Cc1ccc2sc(C(=O)Nc3ccsc3)c(N)c2c1. The molecule has 3 nitrogen and oxygen atoms in total. The van der Waals surface area contributed by atoms with Crippen LogP contribution in [-0.2, 0) is 0 Å². The molecule has 2 heterocycles. The molecule has 0 atom stereocenters. The van der Waals surface area contributed by atoms with Gasteiger partial charge in [-0.05, 0) is 30.5 Å². The van der Waals surface area contributed by atoms with E-state index in [1.807, 2.05) is 41.9 Å². The highest BCUT2D eigenvalue weighted by Gasteiger charge is 2.16. The van der Waals surface area contributed by atoms with Crippen molar-refractivity contribution in [3.63, 3.8) is 0 Å². The number of hydrogen-bond donors (Lipinski definition) is 2. The van der Waals surface area contributed by atoms with Crippen LogP contribution in [0.1, 0.15) is 15.2 Å². The number of nitrogens with one attached hydrogen (secondary N) is 1. The zero-order valence-corrected chi connectivity index (χ0v) is 11.9. The van der Waals surface area contributed by atoms with Gasteiger partial charge in [-0.3, -0.25) is 4.79 Å². The van der Waals surface area contributed by atoms with Gasteiger partial charge in [0.05, 0.1) is 11.4 Å². The van der Waals surface area contributed by atoms with Crippen LogP contribution in [0.2, 0.25) is 0 Å². The number of thiophene rings is 2. The molecule has 0 saturated carbocycles. The summed E-state index contributed by atoms with van der Waals surface area (Å²) in [4.78, 5) is 12.8. The van der Waals surface area contributed by atoms with Crippen LogP contribution in [0.3, 0.4) is 0 Å². The fraction of sp³-hybridized carbons (Fsp3) is 0.0714. The molecule has 3 N–H and O–H groups in total. The molecule has 3 aromatic rings. The van der Waals surface area contributed by atoms with E-state index in [0.717, 1.165) is 21.3 Å². The van der Waals surface area contributed by atoms with Gasteiger partial charge in [0.1, 0.15) is 4.88 Å². The highest BCUT2D eigenvalue weighted by Crippen LogP contribution is 2.34. The van der Waals surface area contributed by atoms with Gasteiger partial charge in [-0.15, -0.1) is 11.3 Å². The Morgan fingerprint density at radius 2 is 2.16 bits per heavy atom. The first-order valence-corrected chi connectivity index (χ1v) is 7.53. The van der Waals surface area contributed by atoms with Crippen molar-refractivity contribution in [2.24, 2.45) is 0 Å². The first kappa shape index (κ1) is 12.2. The Balaban J connectivity index is 2.00. The lowest BCUT2D eigenvalue weighted by Gasteiger charge is -2.01. The van der Waals surface area contributed by atoms with Crippen LogP contribution in [-0.4, -0.2) is 5.91 Å². The number of nitrogens with two attached hydrogens (primary N) is 1. The fourth-order valence-electron chi connectivity index (χ4n) is 1.92. The molecule has 5 heteroatoms. The van der Waals surface area contributed by atoms with Crippen molar-refractivity contribution in [3.05, 3.63) is 45.5 Å². The van der Waals surface area contributed by atoms with Crippen molar-refractivity contribution >= 4 is 50.0 Å². The minimum absolute atomic E-state index is 0.144. The van der Waals surface area contributed by atoms with Crippen LogP contribution in [0.4, 0.5) is 11.4 Å². The average Bonchev–Trinajstić information content (AvgIpc) is 2.98. The molecule has 96 valence electrons. The highest BCUT2D eigenvalue weighted by molar-refractivity contribution is 7.21. The van der Waals surface area contributed by atoms with E-state index in [2.05, 4.69) is 5.32 Å². The minimum Gasteiger partial charge on any atom is -0.397 e. The molecular weight excluding hydrogens is 276 g/mol. The third-order valence-corrected chi connectivity index (χ3v) is 4.74. The smallest absolute Gasteiger partial charge is 0.267 e. The van der Waals surface area contributed by atoms with Crippen molar-refractivity contribution in [2.75, 3.05) is 11.1 Å². The first-order chi connectivity index (χ1) is 9.15. The topological polar surface area (TPSA) is 55.1 Å². The number of fused-ring (bicyclic) bond motifs is 1. The number of anilines is 2. The third kappa shape index (κ3) is 2.22. The summed E-state index contributed by atoms with van der Waals surface area (Å²) in [6, 6.07) is 7.92. The Labute approximate surface area is 118 Å². The molecule has 19 heavy (non-hydrogen) atoms. The summed E-state index contributed by atoms with van der Waals surface area (Å²) < 4.78 is 1.04. The lowest BCUT2D eigenvalue weighted by Crippen LogP contribution is -2.11. The summed E-state index contributed by atoms with van der Waals surface area (Å²) in [5, 5.41) is 7.63. The summed E-state index contributed by atoms with van der Waals surface area (Å²) in [5.41, 5.74) is 8.60. The number of aryl methyl sites for hydroxylation is 1. The molecule has 0 bridgehead atoms. The highest BCUT2D eigenvalue weighted by atomic mass is 32.1. The van der Waals surface area contributed by atoms with E-state index in [-0.39, 0.29) is 5.91 Å². The monoisotopic (exact) mass is 288 g/mol. The van der Waals surface area contributed by atoms with Gasteiger partial charge in [0.2, 0.25) is 0 Å².